The fraction of sp³-hybridized carbons (Fsp3) is 0.200. The number of likely N-dealkylation sites (tertiary alicyclic amines) is 1. The number of imide groups is 1. The van der Waals surface area contributed by atoms with Gasteiger partial charge in [-0.2, -0.15) is 0 Å². The molecule has 1 saturated heterocycles. The molecule has 144 valence electrons. The minimum atomic E-state index is -0.407. The van der Waals surface area contributed by atoms with Gasteiger partial charge in [0.2, 0.25) is 11.8 Å². The Labute approximate surface area is 169 Å². The lowest BCUT2D eigenvalue weighted by molar-refractivity contribution is -0.141. The Kier molecular flexibility index (Phi) is 4.39. The van der Waals surface area contributed by atoms with Crippen LogP contribution in [0.4, 0.5) is 0 Å². The van der Waals surface area contributed by atoms with Gasteiger partial charge in [-0.05, 0) is 23.3 Å². The van der Waals surface area contributed by atoms with Gasteiger partial charge in [0.25, 0.3) is 0 Å². The molecule has 3 aromatic rings. The maximum atomic E-state index is 13.5. The minimum absolute atomic E-state index is 0.112. The van der Waals surface area contributed by atoms with Crippen LogP contribution >= 0.6 is 0 Å². The van der Waals surface area contributed by atoms with E-state index in [1.807, 2.05) is 60.7 Å². The quantitative estimate of drug-likeness (QED) is 0.492. The smallest absolute Gasteiger partial charge is 0.234 e. The second kappa shape index (κ2) is 7.21. The van der Waals surface area contributed by atoms with E-state index in [1.54, 1.807) is 18.4 Å². The van der Waals surface area contributed by atoms with Gasteiger partial charge in [-0.25, -0.2) is 0 Å². The molecule has 0 unspecified atom stereocenters. The van der Waals surface area contributed by atoms with Gasteiger partial charge in [-0.15, -0.1) is 0 Å². The largest absolute Gasteiger partial charge is 0.467 e. The number of hydrogen-bond donors (Lipinski definition) is 0. The second-order valence-corrected chi connectivity index (χ2v) is 7.65. The summed E-state index contributed by atoms with van der Waals surface area (Å²) in [6.07, 6.45) is 5.78. The topological polar surface area (TPSA) is 50.5 Å². The Morgan fingerprint density at radius 1 is 0.690 bits per heavy atom. The van der Waals surface area contributed by atoms with Crippen molar-refractivity contribution in [1.82, 2.24) is 4.90 Å². The van der Waals surface area contributed by atoms with Crippen LogP contribution in [0.25, 0.3) is 0 Å². The van der Waals surface area contributed by atoms with E-state index in [9.17, 15) is 9.59 Å². The number of carbonyl (C=O) groups is 2. The number of carbonyl (C=O) groups excluding carboxylic acids is 2. The summed E-state index contributed by atoms with van der Waals surface area (Å²) in [6, 6.07) is 23.5. The predicted molar refractivity (Wildman–Crippen MR) is 109 cm³/mol. The van der Waals surface area contributed by atoms with Gasteiger partial charge >= 0.3 is 0 Å². The number of furan rings is 1. The van der Waals surface area contributed by atoms with Crippen LogP contribution in [0.1, 0.15) is 28.7 Å². The van der Waals surface area contributed by atoms with Gasteiger partial charge in [0.15, 0.2) is 0 Å². The molecular formula is C25H21NO3. The molecular weight excluding hydrogens is 362 g/mol. The van der Waals surface area contributed by atoms with Crippen LogP contribution in [0.5, 0.6) is 0 Å². The van der Waals surface area contributed by atoms with E-state index in [2.05, 4.69) is 12.2 Å². The molecule has 4 nitrogen and oxygen atoms in total. The van der Waals surface area contributed by atoms with Crippen molar-refractivity contribution < 1.29 is 14.0 Å². The fourth-order valence-corrected chi connectivity index (χ4v) is 4.71. The molecule has 0 N–H and O–H groups in total. The summed E-state index contributed by atoms with van der Waals surface area (Å²) in [4.78, 5) is 28.3. The van der Waals surface area contributed by atoms with Crippen LogP contribution in [-0.4, -0.2) is 16.7 Å². The third-order valence-electron chi connectivity index (χ3n) is 6.05. The molecule has 4 heteroatoms. The lowest BCUT2D eigenvalue weighted by Gasteiger charge is -2.32. The molecule has 1 aliphatic carbocycles. The highest BCUT2D eigenvalue weighted by atomic mass is 16.3. The maximum Gasteiger partial charge on any atom is 0.234 e. The molecule has 0 bridgehead atoms. The van der Waals surface area contributed by atoms with E-state index < -0.39 is 11.8 Å². The number of amides is 2. The van der Waals surface area contributed by atoms with Crippen LogP contribution in [0.15, 0.2) is 95.6 Å². The maximum absolute atomic E-state index is 13.5. The first-order valence-electron chi connectivity index (χ1n) is 9.90. The molecule has 0 spiro atoms. The first-order chi connectivity index (χ1) is 14.2. The van der Waals surface area contributed by atoms with E-state index in [4.69, 9.17) is 4.42 Å². The van der Waals surface area contributed by atoms with Crippen molar-refractivity contribution in [3.05, 3.63) is 108 Å². The number of benzene rings is 2. The fourth-order valence-electron chi connectivity index (χ4n) is 4.71. The summed E-state index contributed by atoms with van der Waals surface area (Å²) in [5.41, 5.74) is 2.12. The first kappa shape index (κ1) is 17.7. The Balaban J connectivity index is 1.57. The predicted octanol–water partition coefficient (Wildman–Crippen LogP) is 4.52. The van der Waals surface area contributed by atoms with Crippen LogP contribution in [0.3, 0.4) is 0 Å². The Morgan fingerprint density at radius 3 is 1.66 bits per heavy atom. The molecule has 4 atom stereocenters. The zero-order chi connectivity index (χ0) is 19.8. The Hall–Kier alpha value is -3.40. The summed E-state index contributed by atoms with van der Waals surface area (Å²) < 4.78 is 5.41. The highest BCUT2D eigenvalue weighted by Gasteiger charge is 2.55. The third-order valence-corrected chi connectivity index (χ3v) is 6.05. The average Bonchev–Trinajstić information content (AvgIpc) is 3.38. The summed E-state index contributed by atoms with van der Waals surface area (Å²) in [6.45, 7) is 0.181. The van der Waals surface area contributed by atoms with Crippen LogP contribution in [0.2, 0.25) is 0 Å². The standard InChI is InChI=1S/C25H21NO3/c27-24-22-20(17-8-3-1-4-9-17)13-14-21(18-10-5-2-6-11-18)23(22)25(28)26(24)16-19-12-7-15-29-19/h1-15,20-23H,16H2/t20-,21-,22-,23-/m1/s1. The van der Waals surface area contributed by atoms with Crippen LogP contribution in [0, 0.1) is 11.8 Å². The van der Waals surface area contributed by atoms with Gasteiger partial charge in [0.05, 0.1) is 24.6 Å². The van der Waals surface area contributed by atoms with Crippen LogP contribution in [-0.2, 0) is 16.1 Å². The van der Waals surface area contributed by atoms with Crippen molar-refractivity contribution in [3.63, 3.8) is 0 Å². The Bertz CT molecular complexity index is 973. The molecule has 2 aliphatic rings. The Morgan fingerprint density at radius 2 is 1.21 bits per heavy atom. The zero-order valence-corrected chi connectivity index (χ0v) is 15.8. The van der Waals surface area contributed by atoms with E-state index in [-0.39, 0.29) is 30.2 Å². The lowest BCUT2D eigenvalue weighted by Crippen LogP contribution is -2.31. The monoisotopic (exact) mass is 383 g/mol. The number of rotatable bonds is 4. The average molecular weight is 383 g/mol. The van der Waals surface area contributed by atoms with Crippen molar-refractivity contribution >= 4 is 11.8 Å². The second-order valence-electron chi connectivity index (χ2n) is 7.65. The van der Waals surface area contributed by atoms with E-state index in [1.165, 1.54) is 4.90 Å². The molecule has 2 aromatic carbocycles. The van der Waals surface area contributed by atoms with E-state index in [0.29, 0.717) is 5.76 Å². The molecule has 0 saturated carbocycles. The normalized spacial score (nSPS) is 26.0. The van der Waals surface area contributed by atoms with Crippen molar-refractivity contribution in [1.29, 1.82) is 0 Å². The number of nitrogens with zero attached hydrogens (tertiary/aromatic N) is 1. The minimum Gasteiger partial charge on any atom is -0.467 e. The van der Waals surface area contributed by atoms with Gasteiger partial charge in [-0.1, -0.05) is 72.8 Å². The third kappa shape index (κ3) is 3.01. The first-order valence-corrected chi connectivity index (χ1v) is 9.90. The van der Waals surface area contributed by atoms with E-state index in [0.717, 1.165) is 11.1 Å². The molecule has 0 radical (unpaired) electrons. The van der Waals surface area contributed by atoms with Crippen molar-refractivity contribution in [3.8, 4) is 0 Å². The molecule has 1 fully saturated rings. The molecule has 29 heavy (non-hydrogen) atoms. The number of fused-ring (bicyclic) bond motifs is 1. The SMILES string of the molecule is O=C1[C@H]2[C@H](C(=O)N1Cc1ccco1)[C@@H](c1ccccc1)C=C[C@@H]2c1ccccc1. The van der Waals surface area contributed by atoms with E-state index >= 15 is 0 Å². The van der Waals surface area contributed by atoms with Gasteiger partial charge in [0.1, 0.15) is 5.76 Å². The molecule has 1 aliphatic heterocycles. The summed E-state index contributed by atoms with van der Waals surface area (Å²) in [5.74, 6) is -0.652. The van der Waals surface area contributed by atoms with Crippen molar-refractivity contribution in [2.45, 2.75) is 18.4 Å². The van der Waals surface area contributed by atoms with Crippen molar-refractivity contribution in [2.75, 3.05) is 0 Å². The highest BCUT2D eigenvalue weighted by Crippen LogP contribution is 2.49. The summed E-state index contributed by atoms with van der Waals surface area (Å²) in [7, 11) is 0. The van der Waals surface area contributed by atoms with Crippen molar-refractivity contribution in [2.24, 2.45) is 11.8 Å². The molecule has 2 heterocycles. The highest BCUT2D eigenvalue weighted by molar-refractivity contribution is 6.06. The molecule has 5 rings (SSSR count). The van der Waals surface area contributed by atoms with Gasteiger partial charge < -0.3 is 4.42 Å². The number of hydrogen-bond acceptors (Lipinski definition) is 3. The van der Waals surface area contributed by atoms with Gasteiger partial charge in [0, 0.05) is 11.8 Å². The van der Waals surface area contributed by atoms with Crippen LogP contribution < -0.4 is 0 Å². The lowest BCUT2D eigenvalue weighted by atomic mass is 9.68. The summed E-state index contributed by atoms with van der Waals surface area (Å²) >= 11 is 0. The number of allylic oxidation sites excluding steroid dienone is 2. The summed E-state index contributed by atoms with van der Waals surface area (Å²) in [5, 5.41) is 0. The van der Waals surface area contributed by atoms with Gasteiger partial charge in [-0.3, -0.25) is 14.5 Å². The molecule has 1 aromatic heterocycles. The zero-order valence-electron chi connectivity index (χ0n) is 15.8. The molecule has 2 amide bonds.